The first-order chi connectivity index (χ1) is 14.4. The molecule has 1 aliphatic rings. The molecule has 1 aromatic rings. The molecule has 2 rings (SSSR count). The lowest BCUT2D eigenvalue weighted by molar-refractivity contribution is -0.126. The summed E-state index contributed by atoms with van der Waals surface area (Å²) < 4.78 is 5.58. The van der Waals surface area contributed by atoms with Crippen molar-refractivity contribution in [2.45, 2.75) is 63.6 Å². The molecule has 0 saturated carbocycles. The van der Waals surface area contributed by atoms with Crippen molar-refractivity contribution in [1.29, 1.82) is 0 Å². The summed E-state index contributed by atoms with van der Waals surface area (Å²) >= 11 is 6.07. The molecule has 1 aliphatic heterocycles. The number of cyclic esters (lactones) is 1. The van der Waals surface area contributed by atoms with Crippen LogP contribution in [0.25, 0.3) is 0 Å². The first-order valence-electron chi connectivity index (χ1n) is 10.1. The molecule has 0 radical (unpaired) electrons. The molecule has 0 aromatic heterocycles. The van der Waals surface area contributed by atoms with Gasteiger partial charge in [-0.05, 0) is 50.3 Å². The van der Waals surface area contributed by atoms with Crippen LogP contribution in [0.1, 0.15) is 57.1 Å². The smallest absolute Gasteiger partial charge is 0.408 e. The molecule has 1 aromatic carbocycles. The van der Waals surface area contributed by atoms with Crippen molar-refractivity contribution in [2.24, 2.45) is 0 Å². The van der Waals surface area contributed by atoms with E-state index in [0.717, 1.165) is 24.8 Å². The number of nitrogens with one attached hydrogen (secondary N) is 3. The number of hydrogen-bond donors (Lipinski definition) is 3. The molecule has 0 aliphatic carbocycles. The molecule has 3 N–H and O–H groups in total. The highest BCUT2D eigenvalue weighted by molar-refractivity contribution is 6.30. The minimum Gasteiger partial charge on any atom is -0.441 e. The minimum absolute atomic E-state index is 0.129. The van der Waals surface area contributed by atoms with Gasteiger partial charge in [-0.1, -0.05) is 30.2 Å². The highest BCUT2D eigenvalue weighted by atomic mass is 35.5. The zero-order chi connectivity index (χ0) is 21.9. The van der Waals surface area contributed by atoms with Crippen LogP contribution in [0.15, 0.2) is 24.3 Å². The number of amides is 3. The van der Waals surface area contributed by atoms with Crippen molar-refractivity contribution in [3.8, 4) is 0 Å². The third-order valence-corrected chi connectivity index (χ3v) is 5.07. The lowest BCUT2D eigenvalue weighted by Crippen LogP contribution is -2.49. The Balaban J connectivity index is 2.11. The third-order valence-electron chi connectivity index (χ3n) is 4.84. The molecule has 1 unspecified atom stereocenters. The second kappa shape index (κ2) is 12.2. The summed E-state index contributed by atoms with van der Waals surface area (Å²) in [6.45, 7) is 2.02. The maximum Gasteiger partial charge on any atom is 0.408 e. The highest BCUT2D eigenvalue weighted by Crippen LogP contribution is 2.26. The Morgan fingerprint density at radius 3 is 2.63 bits per heavy atom. The van der Waals surface area contributed by atoms with Gasteiger partial charge in [-0.2, -0.15) is 0 Å². The van der Waals surface area contributed by atoms with E-state index >= 15 is 0 Å². The molecular formula is C21H28ClN3O5. The quantitative estimate of drug-likeness (QED) is 0.615. The second-order valence-electron chi connectivity index (χ2n) is 7.30. The largest absolute Gasteiger partial charge is 0.441 e. The zero-order valence-electron chi connectivity index (χ0n) is 17.0. The standard InChI is InChI=1S/C21H28ClN3O5/c1-14-20(28)25-17(13-26)9-10-19(27)23-11-4-2-3-8-18(30-21(29)24-14)15-6-5-7-16(22)12-15/h5-7,12-14,17-18H,2-4,8-11H2,1H3,(H,23,27)(H,24,29)(H,25,28)/t14-,17-,18?/m0/s1. The Morgan fingerprint density at radius 1 is 1.10 bits per heavy atom. The van der Waals surface area contributed by atoms with Gasteiger partial charge in [0.1, 0.15) is 18.4 Å². The number of carbonyl (C=O) groups is 4. The van der Waals surface area contributed by atoms with E-state index in [-0.39, 0.29) is 18.7 Å². The van der Waals surface area contributed by atoms with Gasteiger partial charge in [0.25, 0.3) is 0 Å². The predicted molar refractivity (Wildman–Crippen MR) is 112 cm³/mol. The summed E-state index contributed by atoms with van der Waals surface area (Å²) in [5, 5.41) is 8.37. The van der Waals surface area contributed by atoms with Crippen LogP contribution in [-0.4, -0.2) is 42.8 Å². The predicted octanol–water partition coefficient (Wildman–Crippen LogP) is 2.65. The number of carbonyl (C=O) groups excluding carboxylic acids is 4. The summed E-state index contributed by atoms with van der Waals surface area (Å²) in [6.07, 6.45) is 2.64. The van der Waals surface area contributed by atoms with E-state index in [1.165, 1.54) is 6.92 Å². The Labute approximate surface area is 181 Å². The second-order valence-corrected chi connectivity index (χ2v) is 7.74. The van der Waals surface area contributed by atoms with Gasteiger partial charge >= 0.3 is 6.09 Å². The first-order valence-corrected chi connectivity index (χ1v) is 10.5. The normalized spacial score (nSPS) is 25.1. The lowest BCUT2D eigenvalue weighted by Gasteiger charge is -2.21. The first kappa shape index (κ1) is 23.7. The van der Waals surface area contributed by atoms with Crippen LogP contribution in [0.3, 0.4) is 0 Å². The maximum atomic E-state index is 12.4. The van der Waals surface area contributed by atoms with Gasteiger partial charge in [0.15, 0.2) is 0 Å². The van der Waals surface area contributed by atoms with E-state index in [4.69, 9.17) is 16.3 Å². The molecule has 0 bridgehead atoms. The van der Waals surface area contributed by atoms with Crippen LogP contribution in [-0.2, 0) is 19.1 Å². The van der Waals surface area contributed by atoms with Crippen molar-refractivity contribution >= 4 is 35.8 Å². The fourth-order valence-corrected chi connectivity index (χ4v) is 3.32. The fourth-order valence-electron chi connectivity index (χ4n) is 3.12. The van der Waals surface area contributed by atoms with Crippen molar-refractivity contribution in [2.75, 3.05) is 6.54 Å². The van der Waals surface area contributed by atoms with Gasteiger partial charge in [-0.3, -0.25) is 9.59 Å². The van der Waals surface area contributed by atoms with Crippen molar-refractivity contribution in [3.05, 3.63) is 34.9 Å². The SMILES string of the molecule is C[C@@H]1NC(=O)OC(c2cccc(Cl)c2)CCCCCNC(=O)CC[C@@H](C=O)NC1=O. The minimum atomic E-state index is -0.913. The van der Waals surface area contributed by atoms with Crippen molar-refractivity contribution in [1.82, 2.24) is 16.0 Å². The van der Waals surface area contributed by atoms with Crippen molar-refractivity contribution < 1.29 is 23.9 Å². The number of hydrogen-bond acceptors (Lipinski definition) is 5. The molecule has 9 heteroatoms. The number of aldehydes is 1. The zero-order valence-corrected chi connectivity index (χ0v) is 17.7. The molecule has 3 amide bonds. The Hall–Kier alpha value is -2.61. The molecule has 3 atom stereocenters. The van der Waals surface area contributed by atoms with E-state index < -0.39 is 30.2 Å². The number of halogens is 1. The molecule has 0 spiro atoms. The van der Waals surface area contributed by atoms with Crippen LogP contribution in [0.4, 0.5) is 4.79 Å². The van der Waals surface area contributed by atoms with Gasteiger partial charge in [-0.25, -0.2) is 4.79 Å². The van der Waals surface area contributed by atoms with Crippen LogP contribution in [0.2, 0.25) is 5.02 Å². The Kier molecular flexibility index (Phi) is 9.60. The lowest BCUT2D eigenvalue weighted by atomic mass is 10.0. The number of alkyl carbamates (subject to hydrolysis) is 1. The van der Waals surface area contributed by atoms with Gasteiger partial charge in [-0.15, -0.1) is 0 Å². The average Bonchev–Trinajstić information content (AvgIpc) is 2.71. The van der Waals surface area contributed by atoms with Gasteiger partial charge in [0, 0.05) is 18.0 Å². The maximum absolute atomic E-state index is 12.4. The van der Waals surface area contributed by atoms with Crippen molar-refractivity contribution in [3.63, 3.8) is 0 Å². The number of benzene rings is 1. The third kappa shape index (κ3) is 8.02. The molecule has 164 valence electrons. The van der Waals surface area contributed by atoms with Gasteiger partial charge < -0.3 is 25.5 Å². The fraction of sp³-hybridized carbons (Fsp3) is 0.524. The monoisotopic (exact) mass is 437 g/mol. The van der Waals surface area contributed by atoms with Crippen LogP contribution in [0.5, 0.6) is 0 Å². The van der Waals surface area contributed by atoms with Crippen LogP contribution >= 0.6 is 11.6 Å². The van der Waals surface area contributed by atoms with E-state index in [1.807, 2.05) is 6.07 Å². The Bertz CT molecular complexity index is 758. The highest BCUT2D eigenvalue weighted by Gasteiger charge is 2.23. The molecular weight excluding hydrogens is 410 g/mol. The van der Waals surface area contributed by atoms with Crippen LogP contribution < -0.4 is 16.0 Å². The summed E-state index contributed by atoms with van der Waals surface area (Å²) in [5.41, 5.74) is 0.766. The van der Waals surface area contributed by atoms with E-state index in [0.29, 0.717) is 24.3 Å². The summed E-state index contributed by atoms with van der Waals surface area (Å²) in [4.78, 5) is 47.8. The molecule has 1 fully saturated rings. The Morgan fingerprint density at radius 2 is 1.90 bits per heavy atom. The molecule has 8 nitrogen and oxygen atoms in total. The topological polar surface area (TPSA) is 114 Å². The van der Waals surface area contributed by atoms with Gasteiger partial charge in [0.2, 0.25) is 11.8 Å². The molecule has 1 heterocycles. The summed E-state index contributed by atoms with van der Waals surface area (Å²) in [6, 6.07) is 5.38. The summed E-state index contributed by atoms with van der Waals surface area (Å²) in [5.74, 6) is -0.699. The van der Waals surface area contributed by atoms with E-state index in [9.17, 15) is 19.2 Å². The number of ether oxygens (including phenoxy) is 1. The average molecular weight is 438 g/mol. The van der Waals surface area contributed by atoms with Gasteiger partial charge in [0.05, 0.1) is 6.04 Å². The summed E-state index contributed by atoms with van der Waals surface area (Å²) in [7, 11) is 0. The van der Waals surface area contributed by atoms with E-state index in [2.05, 4.69) is 16.0 Å². The molecule has 30 heavy (non-hydrogen) atoms. The van der Waals surface area contributed by atoms with Crippen LogP contribution in [0, 0.1) is 0 Å². The van der Waals surface area contributed by atoms with E-state index in [1.54, 1.807) is 18.2 Å². The molecule has 1 saturated heterocycles. The number of rotatable bonds is 2.